The molecule has 0 radical (unpaired) electrons. The molecule has 12 nitrogen and oxygen atoms in total. The number of hydrogen-bond donors (Lipinski definition) is 4. The first-order valence-corrected chi connectivity index (χ1v) is 28.7. The summed E-state index contributed by atoms with van der Waals surface area (Å²) in [6.07, 6.45) is 23.5. The van der Waals surface area contributed by atoms with Crippen molar-refractivity contribution >= 4 is 81.9 Å². The van der Waals surface area contributed by atoms with Gasteiger partial charge >= 0.3 is 0 Å². The Morgan fingerprint density at radius 1 is 0.708 bits per heavy atom. The number of fused-ring (bicyclic) bond motifs is 2. The minimum absolute atomic E-state index is 0.00685. The maximum Gasteiger partial charge on any atom is 0.256 e. The standard InChI is InChI=1S/C33H52N4O4S3.C14H16N2O2S3/c1-4-5-6-7-8-9-10-11-12-15-21-41-22-16-19-34-31(40)28-29(39)26-18-14-13-17-25(26)27(24-38)30(28)43-33-36-35-32(44-33)42-23-20-37(2)3;1-7-10(17)8-5-3-4-6-9(8)11(18)12(7)20-14-16-15-13(19-2)21-14/h24,39H,4-23H2,1-3H3,(H,34,40);17-18H,3-6H2,1-2H3. The van der Waals surface area contributed by atoms with Gasteiger partial charge in [-0.25, -0.2) is 0 Å². The van der Waals surface area contributed by atoms with Crippen LogP contribution in [0.25, 0.3) is 0 Å². The van der Waals surface area contributed by atoms with Crippen LogP contribution in [0.1, 0.15) is 152 Å². The predicted molar refractivity (Wildman–Crippen MR) is 270 cm³/mol. The summed E-state index contributed by atoms with van der Waals surface area (Å²) >= 11 is 8.76. The molecule has 0 aliphatic heterocycles. The lowest BCUT2D eigenvalue weighted by atomic mass is 9.85. The number of hydrogen-bond acceptors (Lipinski definition) is 17. The van der Waals surface area contributed by atoms with E-state index in [-0.39, 0.29) is 17.2 Å². The smallest absolute Gasteiger partial charge is 0.256 e. The van der Waals surface area contributed by atoms with E-state index in [9.17, 15) is 24.9 Å². The molecule has 2 aromatic carbocycles. The molecule has 4 N–H and O–H groups in total. The van der Waals surface area contributed by atoms with Crippen LogP contribution in [-0.2, 0) is 30.4 Å². The molecule has 65 heavy (non-hydrogen) atoms. The van der Waals surface area contributed by atoms with Gasteiger partial charge in [-0.05, 0) is 103 Å². The van der Waals surface area contributed by atoms with E-state index in [1.54, 1.807) is 23.5 Å². The van der Waals surface area contributed by atoms with Crippen LogP contribution in [0.4, 0.5) is 0 Å². The predicted octanol–water partition coefficient (Wildman–Crippen LogP) is 11.8. The summed E-state index contributed by atoms with van der Waals surface area (Å²) in [6.45, 7) is 6.79. The molecule has 0 atom stereocenters. The SMILES string of the molecule is CCCCCCCCCCCCOCCCNC(=O)c1c(O)c2c(c(C=O)c1Sc1nnc(SCCN(C)C)s1)CCCC2.CSc1nnc(Sc2c(C)c(O)c3c(c2O)CCCC3)s1. The Balaban J connectivity index is 0.000000312. The van der Waals surface area contributed by atoms with Gasteiger partial charge in [-0.15, -0.1) is 20.4 Å². The summed E-state index contributed by atoms with van der Waals surface area (Å²) < 4.78 is 8.97. The van der Waals surface area contributed by atoms with Crippen molar-refractivity contribution in [1.29, 1.82) is 0 Å². The summed E-state index contributed by atoms with van der Waals surface area (Å²) in [6, 6.07) is 0. The topological polar surface area (TPSA) is 171 Å². The van der Waals surface area contributed by atoms with Crippen LogP contribution in [0.2, 0.25) is 0 Å². The zero-order valence-electron chi connectivity index (χ0n) is 38.8. The van der Waals surface area contributed by atoms with Gasteiger partial charge < -0.3 is 30.3 Å². The number of carbonyl (C=O) groups is 2. The molecule has 358 valence electrons. The maximum atomic E-state index is 13.5. The zero-order valence-corrected chi connectivity index (χ0v) is 43.7. The Hall–Kier alpha value is -2.58. The molecule has 0 saturated heterocycles. The minimum atomic E-state index is -0.374. The highest BCUT2D eigenvalue weighted by Gasteiger charge is 2.30. The minimum Gasteiger partial charge on any atom is -0.507 e. The van der Waals surface area contributed by atoms with E-state index in [0.717, 1.165) is 111 Å². The second-order valence-corrected chi connectivity index (χ2v) is 23.6. The van der Waals surface area contributed by atoms with E-state index in [0.29, 0.717) is 63.6 Å². The number of phenolic OH excluding ortho intramolecular Hbond substituents is 3. The van der Waals surface area contributed by atoms with E-state index in [4.69, 9.17) is 4.74 Å². The summed E-state index contributed by atoms with van der Waals surface area (Å²) in [4.78, 5) is 29.2. The Labute approximate surface area is 411 Å². The van der Waals surface area contributed by atoms with E-state index < -0.39 is 0 Å². The van der Waals surface area contributed by atoms with Gasteiger partial charge in [0.1, 0.15) is 17.2 Å². The average molecular weight is 1010 g/mol. The van der Waals surface area contributed by atoms with Crippen molar-refractivity contribution in [2.24, 2.45) is 0 Å². The molecular formula is C47H68N6O6S6. The van der Waals surface area contributed by atoms with E-state index in [1.807, 2.05) is 27.3 Å². The number of nitrogens with one attached hydrogen (secondary N) is 1. The highest BCUT2D eigenvalue weighted by atomic mass is 32.2. The molecule has 4 aromatic rings. The fourth-order valence-electron chi connectivity index (χ4n) is 8.00. The molecule has 1 amide bonds. The van der Waals surface area contributed by atoms with Crippen molar-refractivity contribution in [3.05, 3.63) is 38.9 Å². The Bertz CT molecular complexity index is 2130. The number of carbonyl (C=O) groups excluding carboxylic acids is 2. The summed E-state index contributed by atoms with van der Waals surface area (Å²) in [7, 11) is 4.06. The molecule has 0 spiro atoms. The number of aromatic nitrogens is 4. The van der Waals surface area contributed by atoms with Crippen LogP contribution in [0.15, 0.2) is 27.1 Å². The third-order valence-corrected chi connectivity index (χ3v) is 17.9. The highest BCUT2D eigenvalue weighted by molar-refractivity contribution is 8.03. The second kappa shape index (κ2) is 28.7. The monoisotopic (exact) mass is 1000 g/mol. The second-order valence-electron chi connectivity index (χ2n) is 16.7. The Morgan fingerprint density at radius 3 is 1.83 bits per heavy atom. The highest BCUT2D eigenvalue weighted by Crippen LogP contribution is 2.48. The largest absolute Gasteiger partial charge is 0.507 e. The van der Waals surface area contributed by atoms with Crippen LogP contribution in [0.3, 0.4) is 0 Å². The molecule has 2 heterocycles. The third kappa shape index (κ3) is 16.0. The van der Waals surface area contributed by atoms with Gasteiger partial charge in [0.2, 0.25) is 0 Å². The van der Waals surface area contributed by atoms with Crippen molar-refractivity contribution in [2.45, 2.75) is 163 Å². The van der Waals surface area contributed by atoms with Gasteiger partial charge in [0.05, 0.1) is 10.5 Å². The van der Waals surface area contributed by atoms with Crippen LogP contribution >= 0.6 is 69.7 Å². The fraction of sp³-hybridized carbons (Fsp3) is 0.617. The lowest BCUT2D eigenvalue weighted by Crippen LogP contribution is -2.27. The van der Waals surface area contributed by atoms with Crippen LogP contribution in [0, 0.1) is 6.92 Å². The van der Waals surface area contributed by atoms with Gasteiger partial charge in [0.25, 0.3) is 5.91 Å². The molecule has 2 aliphatic carbocycles. The number of benzene rings is 2. The lowest BCUT2D eigenvalue weighted by Gasteiger charge is -2.23. The molecule has 0 saturated carbocycles. The molecule has 18 heteroatoms. The number of phenols is 3. The molecule has 2 aliphatic rings. The number of thioether (sulfide) groups is 2. The van der Waals surface area contributed by atoms with Gasteiger partial charge in [0, 0.05) is 59.2 Å². The first-order chi connectivity index (χ1) is 31.6. The number of rotatable bonds is 26. The van der Waals surface area contributed by atoms with E-state index in [1.165, 1.54) is 104 Å². The van der Waals surface area contributed by atoms with Crippen molar-refractivity contribution in [1.82, 2.24) is 30.6 Å². The van der Waals surface area contributed by atoms with Crippen molar-refractivity contribution in [3.8, 4) is 17.2 Å². The van der Waals surface area contributed by atoms with Crippen molar-refractivity contribution in [2.75, 3.05) is 52.4 Å². The number of unbranched alkanes of at least 4 members (excludes halogenated alkanes) is 9. The lowest BCUT2D eigenvalue weighted by molar-refractivity contribution is 0.0934. The van der Waals surface area contributed by atoms with Crippen molar-refractivity contribution in [3.63, 3.8) is 0 Å². The maximum absolute atomic E-state index is 13.5. The Kier molecular flexibility index (Phi) is 23.6. The summed E-state index contributed by atoms with van der Waals surface area (Å²) in [5.41, 5.74) is 4.80. The van der Waals surface area contributed by atoms with Gasteiger partial charge in [-0.1, -0.05) is 134 Å². The zero-order chi connectivity index (χ0) is 46.6. The first kappa shape index (κ1) is 53.4. The molecule has 0 fully saturated rings. The molecule has 0 bridgehead atoms. The number of nitrogens with zero attached hydrogens (tertiary/aromatic N) is 5. The summed E-state index contributed by atoms with van der Waals surface area (Å²) in [5.74, 6) is 1.15. The van der Waals surface area contributed by atoms with Crippen LogP contribution < -0.4 is 5.32 Å². The first-order valence-electron chi connectivity index (χ1n) is 23.2. The van der Waals surface area contributed by atoms with Crippen LogP contribution in [0.5, 0.6) is 17.2 Å². The van der Waals surface area contributed by atoms with Gasteiger partial charge in [0.15, 0.2) is 23.6 Å². The fourth-order valence-corrected chi connectivity index (χ4v) is 14.0. The molecule has 6 rings (SSSR count). The summed E-state index contributed by atoms with van der Waals surface area (Å²) in [5, 5.41) is 52.1. The van der Waals surface area contributed by atoms with Gasteiger partial charge in [-0.2, -0.15) is 0 Å². The van der Waals surface area contributed by atoms with Gasteiger partial charge in [-0.3, -0.25) is 9.59 Å². The number of amides is 1. The molecule has 2 aromatic heterocycles. The van der Waals surface area contributed by atoms with E-state index in [2.05, 4.69) is 37.5 Å². The van der Waals surface area contributed by atoms with Crippen molar-refractivity contribution < 1.29 is 29.6 Å². The molecule has 0 unspecified atom stereocenters. The number of aromatic hydroxyl groups is 3. The average Bonchev–Trinajstić information content (AvgIpc) is 3.97. The third-order valence-electron chi connectivity index (χ3n) is 11.6. The normalized spacial score (nSPS) is 13.3. The number of ether oxygens (including phenoxy) is 1. The number of aldehydes is 1. The van der Waals surface area contributed by atoms with E-state index >= 15 is 0 Å². The van der Waals surface area contributed by atoms with Crippen LogP contribution in [-0.4, -0.2) is 105 Å². The quantitative estimate of drug-likeness (QED) is 0.0203. The molecular weight excluding hydrogens is 937 g/mol. The Morgan fingerprint density at radius 2 is 1.23 bits per heavy atom.